The first kappa shape index (κ1) is 14.1. The molecule has 5 nitrogen and oxygen atoms in total. The van der Waals surface area contributed by atoms with Crippen LogP contribution in [-0.2, 0) is 11.3 Å². The third-order valence-electron chi connectivity index (χ3n) is 2.11. The van der Waals surface area contributed by atoms with Crippen LogP contribution in [0.3, 0.4) is 0 Å². The van der Waals surface area contributed by atoms with Gasteiger partial charge in [-0.25, -0.2) is 9.78 Å². The second kappa shape index (κ2) is 8.16. The number of ether oxygens (including phenoxy) is 1. The second-order valence-corrected chi connectivity index (χ2v) is 4.45. The molecule has 2 N–H and O–H groups in total. The largest absolute Gasteiger partial charge is 0.476 e. The van der Waals surface area contributed by atoms with Gasteiger partial charge in [-0.15, -0.1) is 11.3 Å². The number of unbranched alkanes of at least 4 members (excludes halogenated alkanes) is 1. The Bertz CT molecular complexity index is 341. The number of carboxylic acids is 1. The summed E-state index contributed by atoms with van der Waals surface area (Å²) in [5.41, 5.74) is 0.765. The molecule has 17 heavy (non-hydrogen) atoms. The van der Waals surface area contributed by atoms with E-state index >= 15 is 0 Å². The number of carbonyl (C=O) groups is 1. The van der Waals surface area contributed by atoms with Gasteiger partial charge in [-0.1, -0.05) is 13.3 Å². The summed E-state index contributed by atoms with van der Waals surface area (Å²) in [4.78, 5) is 14.6. The van der Waals surface area contributed by atoms with E-state index in [-0.39, 0.29) is 5.01 Å². The summed E-state index contributed by atoms with van der Waals surface area (Å²) in [6.45, 7) is 4.95. The molecule has 0 radical (unpaired) electrons. The fraction of sp³-hybridized carbons (Fsp3) is 0.636. The molecule has 0 atom stereocenters. The highest BCUT2D eigenvalue weighted by molar-refractivity contribution is 7.11. The molecule has 0 aliphatic heterocycles. The van der Waals surface area contributed by atoms with E-state index in [9.17, 15) is 4.79 Å². The van der Waals surface area contributed by atoms with Crippen LogP contribution in [0.5, 0.6) is 0 Å². The van der Waals surface area contributed by atoms with E-state index in [0.29, 0.717) is 13.2 Å². The van der Waals surface area contributed by atoms with Crippen LogP contribution in [0.15, 0.2) is 5.38 Å². The van der Waals surface area contributed by atoms with Crippen LogP contribution in [0.2, 0.25) is 0 Å². The van der Waals surface area contributed by atoms with E-state index in [1.165, 1.54) is 0 Å². The first-order valence-electron chi connectivity index (χ1n) is 5.70. The molecule has 0 saturated carbocycles. The molecule has 6 heteroatoms. The van der Waals surface area contributed by atoms with Gasteiger partial charge in [0.25, 0.3) is 0 Å². The zero-order valence-corrected chi connectivity index (χ0v) is 10.8. The van der Waals surface area contributed by atoms with Crippen molar-refractivity contribution in [1.82, 2.24) is 10.3 Å². The lowest BCUT2D eigenvalue weighted by Gasteiger charge is -2.04. The van der Waals surface area contributed by atoms with Crippen LogP contribution in [0.25, 0.3) is 0 Å². The summed E-state index contributed by atoms with van der Waals surface area (Å²) >= 11 is 1.15. The Hall–Kier alpha value is -0.980. The molecule has 0 bridgehead atoms. The summed E-state index contributed by atoms with van der Waals surface area (Å²) in [5, 5.41) is 13.8. The molecule has 0 unspecified atom stereocenters. The maximum atomic E-state index is 10.6. The third-order valence-corrected chi connectivity index (χ3v) is 2.99. The minimum atomic E-state index is -0.968. The predicted molar refractivity (Wildman–Crippen MR) is 66.5 cm³/mol. The third kappa shape index (κ3) is 5.76. The number of nitrogens with zero attached hydrogens (tertiary/aromatic N) is 1. The number of nitrogens with one attached hydrogen (secondary N) is 1. The van der Waals surface area contributed by atoms with Crippen molar-refractivity contribution < 1.29 is 14.6 Å². The molecule has 1 aromatic heterocycles. The SMILES string of the molecule is CCCCOCCNCc1csc(C(=O)O)n1. The van der Waals surface area contributed by atoms with Crippen LogP contribution in [-0.4, -0.2) is 35.8 Å². The minimum absolute atomic E-state index is 0.140. The van der Waals surface area contributed by atoms with Crippen LogP contribution in [0, 0.1) is 0 Å². The highest BCUT2D eigenvalue weighted by Gasteiger charge is 2.07. The first-order valence-corrected chi connectivity index (χ1v) is 6.58. The maximum absolute atomic E-state index is 10.6. The van der Waals surface area contributed by atoms with Crippen molar-refractivity contribution in [3.8, 4) is 0 Å². The van der Waals surface area contributed by atoms with Crippen molar-refractivity contribution in [2.24, 2.45) is 0 Å². The second-order valence-electron chi connectivity index (χ2n) is 3.59. The van der Waals surface area contributed by atoms with Gasteiger partial charge in [-0.05, 0) is 6.42 Å². The molecule has 0 spiro atoms. The molecule has 1 aromatic rings. The van der Waals surface area contributed by atoms with E-state index in [4.69, 9.17) is 9.84 Å². The number of hydrogen-bond acceptors (Lipinski definition) is 5. The van der Waals surface area contributed by atoms with Gasteiger partial charge in [-0.2, -0.15) is 0 Å². The Labute approximate surface area is 105 Å². The molecule has 0 fully saturated rings. The van der Waals surface area contributed by atoms with Gasteiger partial charge in [-0.3, -0.25) is 0 Å². The van der Waals surface area contributed by atoms with Crippen molar-refractivity contribution in [2.75, 3.05) is 19.8 Å². The maximum Gasteiger partial charge on any atom is 0.365 e. The molecule has 96 valence electrons. The fourth-order valence-electron chi connectivity index (χ4n) is 1.20. The number of carboxylic acid groups (broad SMARTS) is 1. The summed E-state index contributed by atoms with van der Waals surface area (Å²) in [5.74, 6) is -0.968. The molecule has 1 heterocycles. The van der Waals surface area contributed by atoms with Crippen molar-refractivity contribution in [3.63, 3.8) is 0 Å². The van der Waals surface area contributed by atoms with Crippen molar-refractivity contribution in [2.45, 2.75) is 26.3 Å². The molecule has 0 aliphatic carbocycles. The van der Waals surface area contributed by atoms with Gasteiger partial charge in [0, 0.05) is 25.1 Å². The van der Waals surface area contributed by atoms with Crippen molar-refractivity contribution in [1.29, 1.82) is 0 Å². The fourth-order valence-corrected chi connectivity index (χ4v) is 1.85. The number of aromatic nitrogens is 1. The monoisotopic (exact) mass is 258 g/mol. The van der Waals surface area contributed by atoms with E-state index in [0.717, 1.165) is 43.0 Å². The zero-order valence-electron chi connectivity index (χ0n) is 9.94. The van der Waals surface area contributed by atoms with E-state index in [2.05, 4.69) is 17.2 Å². The lowest BCUT2D eigenvalue weighted by atomic mass is 10.4. The van der Waals surface area contributed by atoms with Gasteiger partial charge < -0.3 is 15.2 Å². The molecule has 0 aliphatic rings. The average molecular weight is 258 g/mol. The van der Waals surface area contributed by atoms with Crippen LogP contribution in [0.1, 0.15) is 35.3 Å². The number of thiazole rings is 1. The van der Waals surface area contributed by atoms with Gasteiger partial charge in [0.15, 0.2) is 0 Å². The van der Waals surface area contributed by atoms with Crippen molar-refractivity contribution in [3.05, 3.63) is 16.1 Å². The Morgan fingerprint density at radius 3 is 3.06 bits per heavy atom. The highest BCUT2D eigenvalue weighted by Crippen LogP contribution is 2.08. The van der Waals surface area contributed by atoms with Crippen LogP contribution >= 0.6 is 11.3 Å². The standard InChI is InChI=1S/C11H18N2O3S/c1-2-3-5-16-6-4-12-7-9-8-17-10(13-9)11(14)15/h8,12H,2-7H2,1H3,(H,14,15). The van der Waals surface area contributed by atoms with Crippen molar-refractivity contribution >= 4 is 17.3 Å². The molecular weight excluding hydrogens is 240 g/mol. The number of rotatable bonds is 9. The Morgan fingerprint density at radius 2 is 2.41 bits per heavy atom. The average Bonchev–Trinajstić information content (AvgIpc) is 2.77. The lowest BCUT2D eigenvalue weighted by molar-refractivity contribution is 0.0696. The normalized spacial score (nSPS) is 10.6. The summed E-state index contributed by atoms with van der Waals surface area (Å²) in [6, 6.07) is 0. The topological polar surface area (TPSA) is 71.5 Å². The van der Waals surface area contributed by atoms with Gasteiger partial charge in [0.2, 0.25) is 5.01 Å². The van der Waals surface area contributed by atoms with Crippen LogP contribution < -0.4 is 5.32 Å². The molecule has 0 aromatic carbocycles. The number of aromatic carboxylic acids is 1. The van der Waals surface area contributed by atoms with Gasteiger partial charge in [0.1, 0.15) is 0 Å². The highest BCUT2D eigenvalue weighted by atomic mass is 32.1. The van der Waals surface area contributed by atoms with Gasteiger partial charge in [0.05, 0.1) is 12.3 Å². The first-order chi connectivity index (χ1) is 8.24. The Kier molecular flexibility index (Phi) is 6.76. The summed E-state index contributed by atoms with van der Waals surface area (Å²) in [6.07, 6.45) is 2.23. The molecule has 0 saturated heterocycles. The summed E-state index contributed by atoms with van der Waals surface area (Å²) < 4.78 is 5.38. The quantitative estimate of drug-likeness (QED) is 0.660. The van der Waals surface area contributed by atoms with Gasteiger partial charge >= 0.3 is 5.97 Å². The Balaban J connectivity index is 2.07. The lowest BCUT2D eigenvalue weighted by Crippen LogP contribution is -2.19. The minimum Gasteiger partial charge on any atom is -0.476 e. The van der Waals surface area contributed by atoms with Crippen LogP contribution in [0.4, 0.5) is 0 Å². The molecule has 0 amide bonds. The molecule has 1 rings (SSSR count). The Morgan fingerprint density at radius 1 is 1.59 bits per heavy atom. The predicted octanol–water partition coefficient (Wildman–Crippen LogP) is 1.75. The van der Waals surface area contributed by atoms with E-state index in [1.807, 2.05) is 0 Å². The smallest absolute Gasteiger partial charge is 0.365 e. The van der Waals surface area contributed by atoms with E-state index in [1.54, 1.807) is 5.38 Å². The van der Waals surface area contributed by atoms with E-state index < -0.39 is 5.97 Å². The zero-order chi connectivity index (χ0) is 12.5. The number of hydrogen-bond donors (Lipinski definition) is 2. The summed E-state index contributed by atoms with van der Waals surface area (Å²) in [7, 11) is 0. The molecular formula is C11H18N2O3S.